The van der Waals surface area contributed by atoms with E-state index >= 15 is 0 Å². The topological polar surface area (TPSA) is 61.6 Å². The van der Waals surface area contributed by atoms with Gasteiger partial charge >= 0.3 is 0 Å². The smallest absolute Gasteiger partial charge is 0.188 e. The van der Waals surface area contributed by atoms with Crippen LogP contribution in [0.1, 0.15) is 5.56 Å². The number of para-hydroxylation sites is 1. The van der Waals surface area contributed by atoms with Crippen molar-refractivity contribution in [2.24, 2.45) is 0 Å². The quantitative estimate of drug-likeness (QED) is 0.760. The number of nitriles is 1. The van der Waals surface area contributed by atoms with Gasteiger partial charge < -0.3 is 5.32 Å². The average Bonchev–Trinajstić information content (AvgIpc) is 2.81. The molecule has 0 aliphatic rings. The first-order valence-electron chi connectivity index (χ1n) is 5.33. The molecule has 0 atom stereocenters. The summed E-state index contributed by atoms with van der Waals surface area (Å²) in [5, 5.41) is 12.9. The van der Waals surface area contributed by atoms with Crippen LogP contribution in [0.2, 0.25) is 0 Å². The van der Waals surface area contributed by atoms with E-state index in [0.717, 1.165) is 15.3 Å². The van der Waals surface area contributed by atoms with Crippen molar-refractivity contribution in [2.75, 3.05) is 5.32 Å². The van der Waals surface area contributed by atoms with Crippen molar-refractivity contribution in [3.05, 3.63) is 48.3 Å². The van der Waals surface area contributed by atoms with E-state index in [1.165, 1.54) is 0 Å². The highest BCUT2D eigenvalue weighted by Crippen LogP contribution is 2.28. The predicted octanol–water partition coefficient (Wildman–Crippen LogP) is 3.31. The van der Waals surface area contributed by atoms with Gasteiger partial charge in [-0.2, -0.15) is 5.26 Å². The summed E-state index contributed by atoms with van der Waals surface area (Å²) in [6.45, 7) is 0. The summed E-state index contributed by atoms with van der Waals surface area (Å²) in [4.78, 5) is 8.46. The molecule has 0 aliphatic heterocycles. The summed E-state index contributed by atoms with van der Waals surface area (Å²) in [5.74, 6) is 0. The summed E-state index contributed by atoms with van der Waals surface area (Å²) in [6, 6.07) is 11.7. The highest BCUT2D eigenvalue weighted by molar-refractivity contribution is 7.22. The summed E-state index contributed by atoms with van der Waals surface area (Å²) >= 11 is 1.55. The molecular formula is C13H8N4S. The van der Waals surface area contributed by atoms with E-state index in [-0.39, 0.29) is 0 Å². The Morgan fingerprint density at radius 2 is 2.11 bits per heavy atom. The standard InChI is InChI=1S/C13H8N4S/c14-7-9-5-6-15-8-11(9)17-13-16-10-3-1-2-4-12(10)18-13/h1-6,8H,(H,16,17). The number of hydrogen-bond donors (Lipinski definition) is 1. The molecule has 0 radical (unpaired) electrons. The number of fused-ring (bicyclic) bond motifs is 1. The summed E-state index contributed by atoms with van der Waals surface area (Å²) in [6.07, 6.45) is 3.23. The van der Waals surface area contributed by atoms with Crippen LogP contribution in [0.25, 0.3) is 10.2 Å². The minimum Gasteiger partial charge on any atom is -0.329 e. The lowest BCUT2D eigenvalue weighted by Crippen LogP contribution is -1.93. The molecule has 0 spiro atoms. The Balaban J connectivity index is 1.99. The van der Waals surface area contributed by atoms with Crippen LogP contribution in [0, 0.1) is 11.3 Å². The highest BCUT2D eigenvalue weighted by atomic mass is 32.1. The van der Waals surface area contributed by atoms with E-state index in [4.69, 9.17) is 5.26 Å². The minimum atomic E-state index is 0.559. The van der Waals surface area contributed by atoms with E-state index in [2.05, 4.69) is 21.4 Å². The normalized spacial score (nSPS) is 10.2. The maximum absolute atomic E-state index is 9.00. The van der Waals surface area contributed by atoms with Crippen LogP contribution < -0.4 is 5.32 Å². The molecule has 5 heteroatoms. The number of aromatic nitrogens is 2. The fourth-order valence-electron chi connectivity index (χ4n) is 1.63. The number of nitrogens with one attached hydrogen (secondary N) is 1. The molecule has 0 saturated heterocycles. The Hall–Kier alpha value is -2.45. The molecule has 2 heterocycles. The summed E-state index contributed by atoms with van der Waals surface area (Å²) < 4.78 is 1.11. The first kappa shape index (κ1) is 10.7. The Kier molecular flexibility index (Phi) is 2.63. The van der Waals surface area contributed by atoms with Gasteiger partial charge in [0.15, 0.2) is 5.13 Å². The largest absolute Gasteiger partial charge is 0.329 e. The molecule has 0 saturated carbocycles. The molecular weight excluding hydrogens is 244 g/mol. The third-order valence-electron chi connectivity index (χ3n) is 2.48. The van der Waals surface area contributed by atoms with Crippen LogP contribution in [0.5, 0.6) is 0 Å². The van der Waals surface area contributed by atoms with Crippen molar-refractivity contribution in [3.8, 4) is 6.07 Å². The second-order valence-electron chi connectivity index (χ2n) is 3.64. The third kappa shape index (κ3) is 1.90. The van der Waals surface area contributed by atoms with Crippen molar-refractivity contribution < 1.29 is 0 Å². The van der Waals surface area contributed by atoms with Gasteiger partial charge in [0.1, 0.15) is 6.07 Å². The van der Waals surface area contributed by atoms with Gasteiger partial charge in [0.2, 0.25) is 0 Å². The molecule has 3 aromatic rings. The van der Waals surface area contributed by atoms with E-state index < -0.39 is 0 Å². The molecule has 86 valence electrons. The Morgan fingerprint density at radius 1 is 1.22 bits per heavy atom. The van der Waals surface area contributed by atoms with E-state index in [1.807, 2.05) is 24.3 Å². The zero-order valence-electron chi connectivity index (χ0n) is 9.29. The lowest BCUT2D eigenvalue weighted by atomic mass is 10.2. The molecule has 0 bridgehead atoms. The number of benzene rings is 1. The monoisotopic (exact) mass is 252 g/mol. The molecule has 1 N–H and O–H groups in total. The number of pyridine rings is 1. The van der Waals surface area contributed by atoms with E-state index in [1.54, 1.807) is 29.8 Å². The molecule has 0 unspecified atom stereocenters. The zero-order valence-corrected chi connectivity index (χ0v) is 10.1. The number of nitrogens with zero attached hydrogens (tertiary/aromatic N) is 3. The lowest BCUT2D eigenvalue weighted by Gasteiger charge is -2.02. The molecule has 0 fully saturated rings. The van der Waals surface area contributed by atoms with Crippen molar-refractivity contribution in [1.29, 1.82) is 5.26 Å². The van der Waals surface area contributed by atoms with Gasteiger partial charge in [0.25, 0.3) is 0 Å². The fourth-order valence-corrected chi connectivity index (χ4v) is 2.51. The van der Waals surface area contributed by atoms with Crippen LogP contribution in [-0.4, -0.2) is 9.97 Å². The molecule has 0 amide bonds. The second kappa shape index (κ2) is 4.43. The first-order chi connectivity index (χ1) is 8.86. The van der Waals surface area contributed by atoms with Crippen LogP contribution in [0.4, 0.5) is 10.8 Å². The van der Waals surface area contributed by atoms with Gasteiger partial charge in [0, 0.05) is 6.20 Å². The van der Waals surface area contributed by atoms with Crippen molar-refractivity contribution in [2.45, 2.75) is 0 Å². The van der Waals surface area contributed by atoms with E-state index in [0.29, 0.717) is 11.3 Å². The maximum Gasteiger partial charge on any atom is 0.188 e. The number of anilines is 2. The van der Waals surface area contributed by atoms with Crippen LogP contribution in [0.15, 0.2) is 42.7 Å². The highest BCUT2D eigenvalue weighted by Gasteiger charge is 2.06. The Labute approximate surface area is 108 Å². The molecule has 0 aliphatic carbocycles. The van der Waals surface area contributed by atoms with Gasteiger partial charge in [-0.3, -0.25) is 4.98 Å². The van der Waals surface area contributed by atoms with Gasteiger partial charge in [-0.1, -0.05) is 23.5 Å². The van der Waals surface area contributed by atoms with Crippen LogP contribution in [-0.2, 0) is 0 Å². The zero-order chi connectivity index (χ0) is 12.4. The number of hydrogen-bond acceptors (Lipinski definition) is 5. The SMILES string of the molecule is N#Cc1ccncc1Nc1nc2ccccc2s1. The lowest BCUT2D eigenvalue weighted by molar-refractivity contribution is 1.30. The summed E-state index contributed by atoms with van der Waals surface area (Å²) in [5.41, 5.74) is 2.19. The first-order valence-corrected chi connectivity index (χ1v) is 6.15. The fraction of sp³-hybridized carbons (Fsp3) is 0. The van der Waals surface area contributed by atoms with Gasteiger partial charge in [-0.05, 0) is 18.2 Å². The molecule has 3 rings (SSSR count). The van der Waals surface area contributed by atoms with Crippen molar-refractivity contribution >= 4 is 32.4 Å². The molecule has 18 heavy (non-hydrogen) atoms. The Morgan fingerprint density at radius 3 is 2.94 bits per heavy atom. The van der Waals surface area contributed by atoms with E-state index in [9.17, 15) is 0 Å². The third-order valence-corrected chi connectivity index (χ3v) is 3.43. The minimum absolute atomic E-state index is 0.559. The van der Waals surface area contributed by atoms with Gasteiger partial charge in [-0.15, -0.1) is 0 Å². The van der Waals surface area contributed by atoms with Gasteiger partial charge in [0.05, 0.1) is 27.7 Å². The summed E-state index contributed by atoms with van der Waals surface area (Å²) in [7, 11) is 0. The average molecular weight is 252 g/mol. The van der Waals surface area contributed by atoms with Crippen molar-refractivity contribution in [3.63, 3.8) is 0 Å². The van der Waals surface area contributed by atoms with Crippen LogP contribution >= 0.6 is 11.3 Å². The molecule has 2 aromatic heterocycles. The maximum atomic E-state index is 9.00. The molecule has 1 aromatic carbocycles. The number of thiazole rings is 1. The van der Waals surface area contributed by atoms with Gasteiger partial charge in [-0.25, -0.2) is 4.98 Å². The predicted molar refractivity (Wildman–Crippen MR) is 71.9 cm³/mol. The van der Waals surface area contributed by atoms with Crippen molar-refractivity contribution in [1.82, 2.24) is 9.97 Å². The Bertz CT molecular complexity index is 709. The number of rotatable bonds is 2. The second-order valence-corrected chi connectivity index (χ2v) is 4.68. The van der Waals surface area contributed by atoms with Crippen LogP contribution in [0.3, 0.4) is 0 Å². The molecule has 4 nitrogen and oxygen atoms in total.